The summed E-state index contributed by atoms with van der Waals surface area (Å²) in [5.41, 5.74) is -0.253. The standard InChI is InChI=1S/C16H15ClF3NO5S/c1-24-11-4-6-14(25-2)15(8-11)27(22,23)21-12-7-10(17)3-5-13(12)26-9-16(18,19)20/h3-8,21H,9H2,1-2H3. The van der Waals surface area contributed by atoms with Crippen molar-refractivity contribution >= 4 is 27.3 Å². The molecule has 148 valence electrons. The third kappa shape index (κ3) is 5.57. The molecular formula is C16H15ClF3NO5S. The van der Waals surface area contributed by atoms with Gasteiger partial charge in [0.05, 0.1) is 19.9 Å². The van der Waals surface area contributed by atoms with E-state index >= 15 is 0 Å². The molecule has 0 aliphatic rings. The molecule has 1 N–H and O–H groups in total. The monoisotopic (exact) mass is 425 g/mol. The van der Waals surface area contributed by atoms with Crippen molar-refractivity contribution in [1.29, 1.82) is 0 Å². The number of sulfonamides is 1. The van der Waals surface area contributed by atoms with Gasteiger partial charge in [-0.05, 0) is 30.3 Å². The molecule has 0 aliphatic heterocycles. The minimum absolute atomic E-state index is 0.0167. The van der Waals surface area contributed by atoms with Gasteiger partial charge in [0.1, 0.15) is 22.1 Å². The second kappa shape index (κ2) is 8.13. The number of hydrogen-bond acceptors (Lipinski definition) is 5. The number of halogens is 4. The second-order valence-corrected chi connectivity index (χ2v) is 7.25. The highest BCUT2D eigenvalue weighted by molar-refractivity contribution is 7.92. The molecule has 6 nitrogen and oxygen atoms in total. The van der Waals surface area contributed by atoms with E-state index in [0.717, 1.165) is 12.1 Å². The highest BCUT2D eigenvalue weighted by Gasteiger charge is 2.29. The van der Waals surface area contributed by atoms with Crippen molar-refractivity contribution in [1.82, 2.24) is 0 Å². The molecule has 0 atom stereocenters. The highest BCUT2D eigenvalue weighted by Crippen LogP contribution is 2.34. The average molecular weight is 426 g/mol. The molecule has 11 heteroatoms. The van der Waals surface area contributed by atoms with Crippen LogP contribution in [0.1, 0.15) is 0 Å². The Kier molecular flexibility index (Phi) is 6.32. The van der Waals surface area contributed by atoms with Crippen LogP contribution in [0.15, 0.2) is 41.3 Å². The van der Waals surface area contributed by atoms with Crippen molar-refractivity contribution in [3.05, 3.63) is 41.4 Å². The van der Waals surface area contributed by atoms with Gasteiger partial charge in [-0.3, -0.25) is 4.72 Å². The number of methoxy groups -OCH3 is 2. The fourth-order valence-corrected chi connectivity index (χ4v) is 3.48. The summed E-state index contributed by atoms with van der Waals surface area (Å²) >= 11 is 5.83. The number of hydrogen-bond donors (Lipinski definition) is 1. The van der Waals surface area contributed by atoms with Gasteiger partial charge in [-0.2, -0.15) is 13.2 Å². The van der Waals surface area contributed by atoms with E-state index in [1.54, 1.807) is 0 Å². The van der Waals surface area contributed by atoms with Crippen LogP contribution < -0.4 is 18.9 Å². The van der Waals surface area contributed by atoms with Crippen LogP contribution in [0.3, 0.4) is 0 Å². The smallest absolute Gasteiger partial charge is 0.422 e. The molecule has 0 spiro atoms. The molecule has 0 aliphatic carbocycles. The first kappa shape index (κ1) is 21.0. The third-order valence-electron chi connectivity index (χ3n) is 3.24. The van der Waals surface area contributed by atoms with Crippen LogP contribution in [0.4, 0.5) is 18.9 Å². The summed E-state index contributed by atoms with van der Waals surface area (Å²) in [6, 6.07) is 7.63. The predicted molar refractivity (Wildman–Crippen MR) is 93.4 cm³/mol. The summed E-state index contributed by atoms with van der Waals surface area (Å²) in [5.74, 6) is -0.0685. The van der Waals surface area contributed by atoms with E-state index in [0.29, 0.717) is 0 Å². The maximum atomic E-state index is 12.7. The van der Waals surface area contributed by atoms with Crippen molar-refractivity contribution in [2.24, 2.45) is 0 Å². The Morgan fingerprint density at radius 1 is 1.04 bits per heavy atom. The van der Waals surface area contributed by atoms with E-state index in [9.17, 15) is 21.6 Å². The molecule has 0 aromatic heterocycles. The number of anilines is 1. The van der Waals surface area contributed by atoms with Crippen LogP contribution in [0, 0.1) is 0 Å². The second-order valence-electron chi connectivity index (χ2n) is 5.17. The van der Waals surface area contributed by atoms with E-state index in [-0.39, 0.29) is 32.9 Å². The molecular weight excluding hydrogens is 411 g/mol. The Morgan fingerprint density at radius 3 is 2.30 bits per heavy atom. The summed E-state index contributed by atoms with van der Waals surface area (Å²) in [5, 5.41) is 0.102. The van der Waals surface area contributed by atoms with E-state index in [4.69, 9.17) is 21.1 Å². The fraction of sp³-hybridized carbons (Fsp3) is 0.250. The summed E-state index contributed by atoms with van der Waals surface area (Å²) in [6.45, 7) is -1.59. The van der Waals surface area contributed by atoms with Gasteiger partial charge in [-0.1, -0.05) is 11.6 Å². The van der Waals surface area contributed by atoms with E-state index in [2.05, 4.69) is 9.46 Å². The number of alkyl halides is 3. The summed E-state index contributed by atoms with van der Waals surface area (Å²) in [4.78, 5) is -0.272. The van der Waals surface area contributed by atoms with Gasteiger partial charge >= 0.3 is 6.18 Å². The molecule has 27 heavy (non-hydrogen) atoms. The summed E-state index contributed by atoms with van der Waals surface area (Å²) < 4.78 is 79.6. The zero-order valence-electron chi connectivity index (χ0n) is 14.1. The lowest BCUT2D eigenvalue weighted by atomic mass is 10.3. The third-order valence-corrected chi connectivity index (χ3v) is 4.86. The van der Waals surface area contributed by atoms with Gasteiger partial charge in [0.2, 0.25) is 0 Å². The summed E-state index contributed by atoms with van der Waals surface area (Å²) in [6.07, 6.45) is -4.59. The Labute approximate surface area is 158 Å². The Bertz CT molecular complexity index is 919. The zero-order chi connectivity index (χ0) is 20.2. The molecule has 2 rings (SSSR count). The number of nitrogens with one attached hydrogen (secondary N) is 1. The molecule has 0 heterocycles. The van der Waals surface area contributed by atoms with Crippen molar-refractivity contribution < 1.29 is 35.8 Å². The van der Waals surface area contributed by atoms with Crippen LogP contribution in [0.5, 0.6) is 17.2 Å². The number of ether oxygens (including phenoxy) is 3. The minimum atomic E-state index is -4.59. The van der Waals surface area contributed by atoms with Crippen LogP contribution in [-0.2, 0) is 10.0 Å². The Balaban J connectivity index is 2.42. The molecule has 0 fully saturated rings. The van der Waals surface area contributed by atoms with Gasteiger partial charge in [-0.15, -0.1) is 0 Å². The first-order valence-corrected chi connectivity index (χ1v) is 9.16. The average Bonchev–Trinajstić information content (AvgIpc) is 2.59. The molecule has 2 aromatic carbocycles. The lowest BCUT2D eigenvalue weighted by Crippen LogP contribution is -2.20. The number of rotatable bonds is 7. The topological polar surface area (TPSA) is 73.9 Å². The van der Waals surface area contributed by atoms with Crippen LogP contribution >= 0.6 is 11.6 Å². The van der Waals surface area contributed by atoms with Crippen molar-refractivity contribution in [3.63, 3.8) is 0 Å². The molecule has 0 saturated heterocycles. The van der Waals surface area contributed by atoms with Crippen molar-refractivity contribution in [2.45, 2.75) is 11.1 Å². The van der Waals surface area contributed by atoms with Crippen molar-refractivity contribution in [3.8, 4) is 17.2 Å². The lowest BCUT2D eigenvalue weighted by Gasteiger charge is -2.16. The van der Waals surface area contributed by atoms with E-state index in [1.165, 1.54) is 38.5 Å². The molecule has 0 unspecified atom stereocenters. The Morgan fingerprint density at radius 2 is 1.70 bits per heavy atom. The maximum Gasteiger partial charge on any atom is 0.422 e. The SMILES string of the molecule is COc1ccc(OC)c(S(=O)(=O)Nc2cc(Cl)ccc2OCC(F)(F)F)c1. The van der Waals surface area contributed by atoms with Gasteiger partial charge in [0.25, 0.3) is 10.0 Å². The normalized spacial score (nSPS) is 11.8. The quantitative estimate of drug-likeness (QED) is 0.723. The molecule has 0 saturated carbocycles. The molecule has 0 radical (unpaired) electrons. The van der Waals surface area contributed by atoms with Gasteiger partial charge in [-0.25, -0.2) is 8.42 Å². The first-order valence-electron chi connectivity index (χ1n) is 7.29. The van der Waals surface area contributed by atoms with E-state index in [1.807, 2.05) is 0 Å². The minimum Gasteiger partial charge on any atom is -0.497 e. The number of benzene rings is 2. The van der Waals surface area contributed by atoms with Crippen LogP contribution in [-0.4, -0.2) is 35.4 Å². The van der Waals surface area contributed by atoms with Crippen molar-refractivity contribution in [2.75, 3.05) is 25.5 Å². The van der Waals surface area contributed by atoms with Crippen LogP contribution in [0.25, 0.3) is 0 Å². The molecule has 0 bridgehead atoms. The van der Waals surface area contributed by atoms with Gasteiger partial charge in [0.15, 0.2) is 6.61 Å². The molecule has 0 amide bonds. The summed E-state index contributed by atoms with van der Waals surface area (Å²) in [7, 11) is -1.63. The van der Waals surface area contributed by atoms with E-state index < -0.39 is 22.8 Å². The predicted octanol–water partition coefficient (Wildman–Crippen LogP) is 4.10. The fourth-order valence-electron chi connectivity index (χ4n) is 2.06. The molecule has 2 aromatic rings. The zero-order valence-corrected chi connectivity index (χ0v) is 15.7. The maximum absolute atomic E-state index is 12.7. The van der Waals surface area contributed by atoms with Gasteiger partial charge in [0, 0.05) is 11.1 Å². The largest absolute Gasteiger partial charge is 0.497 e. The first-order chi connectivity index (χ1) is 12.6. The van der Waals surface area contributed by atoms with Crippen LogP contribution in [0.2, 0.25) is 5.02 Å². The lowest BCUT2D eigenvalue weighted by molar-refractivity contribution is -0.153. The van der Waals surface area contributed by atoms with Gasteiger partial charge < -0.3 is 14.2 Å². The Hall–Kier alpha value is -2.33. The highest BCUT2D eigenvalue weighted by atomic mass is 35.5.